The molecule has 14 heteroatoms. The minimum atomic E-state index is -4.79. The van der Waals surface area contributed by atoms with Gasteiger partial charge in [0.25, 0.3) is 10.1 Å². The largest absolute Gasteiger partial charge is 0.573 e. The highest BCUT2D eigenvalue weighted by Crippen LogP contribution is 2.28. The fourth-order valence-corrected chi connectivity index (χ4v) is 3.89. The Bertz CT molecular complexity index is 1360. The van der Waals surface area contributed by atoms with E-state index in [-0.39, 0.29) is 32.8 Å². The average Bonchev–Trinajstić information content (AvgIpc) is 2.77. The quantitative estimate of drug-likeness (QED) is 0.178. The molecule has 0 fully saturated rings. The molecule has 0 radical (unpaired) electrons. The Labute approximate surface area is 226 Å². The van der Waals surface area contributed by atoms with Gasteiger partial charge in [0, 0.05) is 5.69 Å². The molecule has 0 aliphatic carbocycles. The maximum Gasteiger partial charge on any atom is 0.573 e. The number of nitrogens with two attached hydrogens (primary N) is 1. The number of amides is 1. The predicted octanol–water partition coefficient (Wildman–Crippen LogP) is 6.17. The molecule has 0 aliphatic heterocycles. The molecule has 3 aromatic carbocycles. The summed E-state index contributed by atoms with van der Waals surface area (Å²) in [6.07, 6.45) is -4.77. The van der Waals surface area contributed by atoms with Gasteiger partial charge in [-0.05, 0) is 62.2 Å². The molecule has 0 aromatic heterocycles. The Kier molecular flexibility index (Phi) is 10.1. The smallest absolute Gasteiger partial charge is 0.406 e. The van der Waals surface area contributed by atoms with Crippen LogP contribution in [-0.4, -0.2) is 30.8 Å². The Balaban J connectivity index is 0.000000384. The molecule has 0 heterocycles. The van der Waals surface area contributed by atoms with Crippen LogP contribution in [0.4, 0.5) is 23.2 Å². The molecule has 0 saturated carbocycles. The van der Waals surface area contributed by atoms with Gasteiger partial charge in [0.05, 0.1) is 20.5 Å². The van der Waals surface area contributed by atoms with Crippen molar-refractivity contribution in [2.24, 2.45) is 5.73 Å². The first-order chi connectivity index (χ1) is 17.4. The zero-order valence-electron chi connectivity index (χ0n) is 19.8. The molecular weight excluding hydrogens is 575 g/mol. The van der Waals surface area contributed by atoms with Crippen LogP contribution in [0.3, 0.4) is 0 Å². The van der Waals surface area contributed by atoms with Gasteiger partial charge in [-0.25, -0.2) is 4.39 Å². The van der Waals surface area contributed by atoms with Gasteiger partial charge in [0.1, 0.15) is 5.75 Å². The molecule has 0 saturated heterocycles. The summed E-state index contributed by atoms with van der Waals surface area (Å²) in [6.45, 7) is 3.28. The van der Waals surface area contributed by atoms with Crippen molar-refractivity contribution in [2.45, 2.75) is 37.1 Å². The second-order valence-corrected chi connectivity index (χ2v) is 10.5. The van der Waals surface area contributed by atoms with Crippen LogP contribution in [0.2, 0.25) is 10.0 Å². The summed E-state index contributed by atoms with van der Waals surface area (Å²) < 4.78 is 83.3. The molecule has 1 atom stereocenters. The number of carbonyl (C=O) groups is 1. The third-order valence-electron chi connectivity index (χ3n) is 4.81. The van der Waals surface area contributed by atoms with Gasteiger partial charge in [0.15, 0.2) is 5.82 Å². The van der Waals surface area contributed by atoms with Crippen LogP contribution in [-0.2, 0) is 21.3 Å². The maximum absolute atomic E-state index is 13.4. The van der Waals surface area contributed by atoms with Crippen molar-refractivity contribution in [1.29, 1.82) is 0 Å². The van der Waals surface area contributed by atoms with Gasteiger partial charge in [-0.2, -0.15) is 8.42 Å². The minimum absolute atomic E-state index is 0.0216. The number of carbonyl (C=O) groups excluding carboxylic acids is 1. The van der Waals surface area contributed by atoms with E-state index < -0.39 is 33.7 Å². The molecule has 4 N–H and O–H groups in total. The molecule has 7 nitrogen and oxygen atoms in total. The number of alkyl halides is 3. The Hall–Kier alpha value is -2.90. The molecule has 3 aromatic rings. The molecule has 0 aliphatic rings. The molecule has 0 bridgehead atoms. The number of ether oxygens (including phenoxy) is 1. The molecule has 3 rings (SSSR count). The normalized spacial score (nSPS) is 13.1. The van der Waals surface area contributed by atoms with Gasteiger partial charge in [-0.1, -0.05) is 53.0 Å². The molecule has 0 unspecified atom stereocenters. The van der Waals surface area contributed by atoms with E-state index in [1.807, 2.05) is 6.92 Å². The second kappa shape index (κ2) is 12.3. The first kappa shape index (κ1) is 31.3. The zero-order valence-corrected chi connectivity index (χ0v) is 22.1. The van der Waals surface area contributed by atoms with Crippen LogP contribution in [0.5, 0.6) is 5.75 Å². The number of anilines is 1. The van der Waals surface area contributed by atoms with E-state index in [1.165, 1.54) is 43.3 Å². The van der Waals surface area contributed by atoms with E-state index in [1.54, 1.807) is 12.1 Å². The maximum atomic E-state index is 13.4. The van der Waals surface area contributed by atoms with Crippen molar-refractivity contribution in [3.63, 3.8) is 0 Å². The van der Waals surface area contributed by atoms with E-state index in [2.05, 4.69) is 10.1 Å². The monoisotopic (exact) mass is 596 g/mol. The number of rotatable bonds is 6. The van der Waals surface area contributed by atoms with E-state index in [0.29, 0.717) is 5.56 Å². The van der Waals surface area contributed by atoms with Crippen LogP contribution in [0.15, 0.2) is 65.6 Å². The van der Waals surface area contributed by atoms with Crippen LogP contribution in [0.1, 0.15) is 18.1 Å². The lowest BCUT2D eigenvalue weighted by Crippen LogP contribution is -2.50. The third-order valence-corrected chi connectivity index (χ3v) is 6.23. The fourth-order valence-electron chi connectivity index (χ4n) is 2.93. The Morgan fingerprint density at radius 1 is 1.03 bits per heavy atom. The van der Waals surface area contributed by atoms with Crippen molar-refractivity contribution in [2.75, 3.05) is 5.32 Å². The highest BCUT2D eigenvalue weighted by atomic mass is 35.5. The lowest BCUT2D eigenvalue weighted by molar-refractivity contribution is -0.274. The van der Waals surface area contributed by atoms with Crippen molar-refractivity contribution < 1.29 is 40.1 Å². The minimum Gasteiger partial charge on any atom is -0.406 e. The lowest BCUT2D eigenvalue weighted by Gasteiger charge is -2.24. The Morgan fingerprint density at radius 2 is 1.53 bits per heavy atom. The lowest BCUT2D eigenvalue weighted by atomic mass is 9.93. The van der Waals surface area contributed by atoms with Crippen LogP contribution in [0.25, 0.3) is 0 Å². The summed E-state index contributed by atoms with van der Waals surface area (Å²) in [5.41, 5.74) is 6.23. The first-order valence-electron chi connectivity index (χ1n) is 10.5. The molecular formula is C24H22Cl2F4N2O5S. The molecule has 1 amide bonds. The third kappa shape index (κ3) is 9.76. The summed E-state index contributed by atoms with van der Waals surface area (Å²) in [5, 5.41) is 1.95. The van der Waals surface area contributed by atoms with E-state index in [9.17, 15) is 30.8 Å². The number of aryl methyl sites for hydroxylation is 1. The van der Waals surface area contributed by atoms with Crippen LogP contribution >= 0.6 is 23.2 Å². The summed E-state index contributed by atoms with van der Waals surface area (Å²) >= 11 is 11.3. The van der Waals surface area contributed by atoms with Gasteiger partial charge in [0.2, 0.25) is 5.91 Å². The summed E-state index contributed by atoms with van der Waals surface area (Å²) in [5.74, 6) is -1.81. The summed E-state index contributed by atoms with van der Waals surface area (Å²) in [4.78, 5) is 12.3. The number of hydrogen-bond acceptors (Lipinski definition) is 5. The molecule has 38 heavy (non-hydrogen) atoms. The summed E-state index contributed by atoms with van der Waals surface area (Å²) in [6, 6.07) is 13.3. The van der Waals surface area contributed by atoms with Crippen LogP contribution < -0.4 is 15.8 Å². The molecule has 206 valence electrons. The SMILES string of the molecule is C[C@@](N)(Cc1ccc(OC(F)(F)F)cc1)C(=O)Nc1cc(Cl)c(F)c(Cl)c1.Cc1ccc(S(=O)(=O)O)cc1. The van der Waals surface area contributed by atoms with Crippen molar-refractivity contribution >= 4 is 44.9 Å². The standard InChI is InChI=1S/C17H14Cl2F4N2O2.C7H8O3S/c1-16(24,8-9-2-4-11(5-3-9)27-17(21,22)23)15(26)25-10-6-12(18)14(20)13(19)7-10;1-6-2-4-7(5-3-6)11(8,9)10/h2-7H,8,24H2,1H3,(H,25,26);2-5H,1H3,(H,8,9,10)/t16-;/m1./s1. The van der Waals surface area contributed by atoms with Crippen molar-refractivity contribution in [3.05, 3.63) is 87.7 Å². The Morgan fingerprint density at radius 3 is 1.97 bits per heavy atom. The van der Waals surface area contributed by atoms with Gasteiger partial charge >= 0.3 is 6.36 Å². The van der Waals surface area contributed by atoms with Gasteiger partial charge in [-0.3, -0.25) is 9.35 Å². The van der Waals surface area contributed by atoms with E-state index in [0.717, 1.165) is 17.7 Å². The fraction of sp³-hybridized carbons (Fsp3) is 0.208. The van der Waals surface area contributed by atoms with Gasteiger partial charge < -0.3 is 15.8 Å². The van der Waals surface area contributed by atoms with Gasteiger partial charge in [-0.15, -0.1) is 13.2 Å². The van der Waals surface area contributed by atoms with Crippen molar-refractivity contribution in [3.8, 4) is 5.75 Å². The van der Waals surface area contributed by atoms with E-state index in [4.69, 9.17) is 33.5 Å². The first-order valence-corrected chi connectivity index (χ1v) is 12.7. The summed E-state index contributed by atoms with van der Waals surface area (Å²) in [7, 11) is -4.02. The van der Waals surface area contributed by atoms with Crippen molar-refractivity contribution in [1.82, 2.24) is 0 Å². The average molecular weight is 597 g/mol. The van der Waals surface area contributed by atoms with E-state index >= 15 is 0 Å². The predicted molar refractivity (Wildman–Crippen MR) is 135 cm³/mol. The second-order valence-electron chi connectivity index (χ2n) is 8.28. The molecule has 0 spiro atoms. The highest BCUT2D eigenvalue weighted by Gasteiger charge is 2.32. The highest BCUT2D eigenvalue weighted by molar-refractivity contribution is 7.85. The number of benzene rings is 3. The number of hydrogen-bond donors (Lipinski definition) is 3. The number of nitrogens with one attached hydrogen (secondary N) is 1. The zero-order chi connectivity index (χ0) is 28.9. The van der Waals surface area contributed by atoms with Crippen LogP contribution in [0, 0.1) is 12.7 Å². The topological polar surface area (TPSA) is 119 Å². The number of halogens is 6.